The SMILES string of the molecule is CCc1cc2c(N3CCC4(CC(=O)C4)C3)ncnc2s1. The van der Waals surface area contributed by atoms with Crippen LogP contribution in [0.5, 0.6) is 0 Å². The molecule has 1 spiro atoms. The Balaban J connectivity index is 1.69. The second kappa shape index (κ2) is 4.25. The summed E-state index contributed by atoms with van der Waals surface area (Å²) in [7, 11) is 0. The van der Waals surface area contributed by atoms with E-state index in [0.717, 1.165) is 49.4 Å². The van der Waals surface area contributed by atoms with Gasteiger partial charge in [0.05, 0.1) is 5.39 Å². The molecule has 3 heterocycles. The number of aromatic nitrogens is 2. The minimum Gasteiger partial charge on any atom is -0.355 e. The number of carbonyl (C=O) groups excluding carboxylic acids is 1. The molecule has 0 N–H and O–H groups in total. The molecule has 4 rings (SSSR count). The van der Waals surface area contributed by atoms with Crippen LogP contribution < -0.4 is 4.90 Å². The largest absolute Gasteiger partial charge is 0.355 e. The van der Waals surface area contributed by atoms with Crippen LogP contribution in [-0.2, 0) is 11.2 Å². The van der Waals surface area contributed by atoms with Crippen molar-refractivity contribution in [2.45, 2.75) is 32.6 Å². The first-order chi connectivity index (χ1) is 9.69. The molecule has 4 nitrogen and oxygen atoms in total. The predicted octanol–water partition coefficient (Wildman–Crippen LogP) is 2.81. The molecule has 2 aliphatic rings. The highest BCUT2D eigenvalue weighted by Crippen LogP contribution is 2.47. The summed E-state index contributed by atoms with van der Waals surface area (Å²) in [6.07, 6.45) is 5.36. The van der Waals surface area contributed by atoms with Crippen LogP contribution in [0.1, 0.15) is 31.1 Å². The van der Waals surface area contributed by atoms with Gasteiger partial charge in [-0.25, -0.2) is 9.97 Å². The van der Waals surface area contributed by atoms with Gasteiger partial charge in [-0.3, -0.25) is 4.79 Å². The molecular formula is C15H17N3OS. The van der Waals surface area contributed by atoms with Crippen molar-refractivity contribution in [3.8, 4) is 0 Å². The lowest BCUT2D eigenvalue weighted by Gasteiger charge is -2.36. The van der Waals surface area contributed by atoms with Crippen LogP contribution >= 0.6 is 11.3 Å². The predicted molar refractivity (Wildman–Crippen MR) is 80.3 cm³/mol. The molecule has 5 heteroatoms. The molecule has 20 heavy (non-hydrogen) atoms. The van der Waals surface area contributed by atoms with E-state index in [1.165, 1.54) is 10.3 Å². The Bertz CT molecular complexity index is 685. The lowest BCUT2D eigenvalue weighted by Crippen LogP contribution is -2.40. The Hall–Kier alpha value is -1.49. The fraction of sp³-hybridized carbons (Fsp3) is 0.533. The van der Waals surface area contributed by atoms with Gasteiger partial charge in [0.2, 0.25) is 0 Å². The first-order valence-electron chi connectivity index (χ1n) is 7.19. The lowest BCUT2D eigenvalue weighted by molar-refractivity contribution is -0.131. The van der Waals surface area contributed by atoms with E-state index < -0.39 is 0 Å². The zero-order chi connectivity index (χ0) is 13.7. The summed E-state index contributed by atoms with van der Waals surface area (Å²) in [5, 5.41) is 1.18. The molecule has 1 saturated heterocycles. The number of ketones is 1. The van der Waals surface area contributed by atoms with Crippen LogP contribution in [0, 0.1) is 5.41 Å². The zero-order valence-corrected chi connectivity index (χ0v) is 12.4. The molecule has 2 aromatic heterocycles. The maximum atomic E-state index is 11.3. The number of Topliss-reactive ketones (excluding diaryl/α,β-unsaturated/α-hetero) is 1. The van der Waals surface area contributed by atoms with E-state index in [4.69, 9.17) is 0 Å². The lowest BCUT2D eigenvalue weighted by atomic mass is 9.67. The van der Waals surface area contributed by atoms with Gasteiger partial charge in [-0.05, 0) is 18.9 Å². The molecular weight excluding hydrogens is 270 g/mol. The van der Waals surface area contributed by atoms with Crippen LogP contribution in [0.15, 0.2) is 12.4 Å². The van der Waals surface area contributed by atoms with Gasteiger partial charge in [0, 0.05) is 36.2 Å². The van der Waals surface area contributed by atoms with Crippen molar-refractivity contribution in [1.82, 2.24) is 9.97 Å². The van der Waals surface area contributed by atoms with E-state index in [0.29, 0.717) is 5.78 Å². The molecule has 1 saturated carbocycles. The van der Waals surface area contributed by atoms with Crippen molar-refractivity contribution >= 4 is 33.2 Å². The molecule has 104 valence electrons. The Morgan fingerprint density at radius 2 is 2.25 bits per heavy atom. The molecule has 0 unspecified atom stereocenters. The molecule has 2 aromatic rings. The fourth-order valence-corrected chi connectivity index (χ4v) is 4.44. The number of thiophene rings is 1. The molecule has 1 aliphatic heterocycles. The van der Waals surface area contributed by atoms with E-state index in [1.54, 1.807) is 17.7 Å². The maximum absolute atomic E-state index is 11.3. The average Bonchev–Trinajstić information content (AvgIpc) is 3.01. The van der Waals surface area contributed by atoms with Gasteiger partial charge in [0.1, 0.15) is 22.8 Å². The third-order valence-electron chi connectivity index (χ3n) is 4.59. The van der Waals surface area contributed by atoms with Gasteiger partial charge in [0.25, 0.3) is 0 Å². The first kappa shape index (κ1) is 12.3. The Morgan fingerprint density at radius 1 is 1.40 bits per heavy atom. The number of hydrogen-bond acceptors (Lipinski definition) is 5. The van der Waals surface area contributed by atoms with Crippen LogP contribution in [-0.4, -0.2) is 28.8 Å². The third kappa shape index (κ3) is 1.76. The van der Waals surface area contributed by atoms with E-state index in [-0.39, 0.29) is 5.41 Å². The molecule has 0 atom stereocenters. The smallest absolute Gasteiger partial charge is 0.140 e. The van der Waals surface area contributed by atoms with E-state index in [9.17, 15) is 4.79 Å². The van der Waals surface area contributed by atoms with Crippen molar-refractivity contribution in [2.75, 3.05) is 18.0 Å². The summed E-state index contributed by atoms with van der Waals surface area (Å²) >= 11 is 1.76. The molecule has 2 fully saturated rings. The second-order valence-electron chi connectivity index (χ2n) is 6.05. The van der Waals surface area contributed by atoms with E-state index in [1.807, 2.05) is 0 Å². The maximum Gasteiger partial charge on any atom is 0.140 e. The van der Waals surface area contributed by atoms with Gasteiger partial charge in [-0.2, -0.15) is 0 Å². The summed E-state index contributed by atoms with van der Waals surface area (Å²) < 4.78 is 0. The van der Waals surface area contributed by atoms with Crippen LogP contribution in [0.25, 0.3) is 10.2 Å². The van der Waals surface area contributed by atoms with Crippen LogP contribution in [0.4, 0.5) is 5.82 Å². The second-order valence-corrected chi connectivity index (χ2v) is 7.16. The number of aryl methyl sites for hydroxylation is 1. The standard InChI is InChI=1S/C15H17N3OS/c1-2-11-5-12-13(16-9-17-14(12)20-11)18-4-3-15(8-18)6-10(19)7-15/h5,9H,2-4,6-8H2,1H3. The van der Waals surface area contributed by atoms with E-state index >= 15 is 0 Å². The first-order valence-corrected chi connectivity index (χ1v) is 8.01. The monoisotopic (exact) mass is 287 g/mol. The quantitative estimate of drug-likeness (QED) is 0.852. The van der Waals surface area contributed by atoms with Gasteiger partial charge in [0.15, 0.2) is 0 Å². The summed E-state index contributed by atoms with van der Waals surface area (Å²) in [5.41, 5.74) is 0.248. The number of nitrogens with zero attached hydrogens (tertiary/aromatic N) is 3. The van der Waals surface area contributed by atoms with E-state index in [2.05, 4.69) is 27.9 Å². The van der Waals surface area contributed by atoms with Gasteiger partial charge in [-0.1, -0.05) is 6.92 Å². The summed E-state index contributed by atoms with van der Waals surface area (Å²) in [4.78, 5) is 25.0. The number of fused-ring (bicyclic) bond motifs is 1. The zero-order valence-electron chi connectivity index (χ0n) is 11.6. The summed E-state index contributed by atoms with van der Waals surface area (Å²) in [5.74, 6) is 1.48. The van der Waals surface area contributed by atoms with Gasteiger partial charge >= 0.3 is 0 Å². The Labute approximate surface area is 121 Å². The summed E-state index contributed by atoms with van der Waals surface area (Å²) in [6, 6.07) is 2.23. The molecule has 1 aliphatic carbocycles. The van der Waals surface area contributed by atoms with Gasteiger partial charge in [-0.15, -0.1) is 11.3 Å². The molecule has 0 bridgehead atoms. The highest BCUT2D eigenvalue weighted by Gasteiger charge is 2.48. The van der Waals surface area contributed by atoms with Crippen molar-refractivity contribution in [3.63, 3.8) is 0 Å². The number of rotatable bonds is 2. The Morgan fingerprint density at radius 3 is 3.00 bits per heavy atom. The minimum absolute atomic E-state index is 0.248. The fourth-order valence-electron chi connectivity index (χ4n) is 3.51. The van der Waals surface area contributed by atoms with Crippen molar-refractivity contribution in [3.05, 3.63) is 17.3 Å². The average molecular weight is 287 g/mol. The molecule has 0 aromatic carbocycles. The number of anilines is 1. The third-order valence-corrected chi connectivity index (χ3v) is 5.78. The van der Waals surface area contributed by atoms with Gasteiger partial charge < -0.3 is 4.90 Å². The molecule has 0 radical (unpaired) electrons. The highest BCUT2D eigenvalue weighted by molar-refractivity contribution is 7.18. The minimum atomic E-state index is 0.248. The van der Waals surface area contributed by atoms with Crippen molar-refractivity contribution in [1.29, 1.82) is 0 Å². The Kier molecular flexibility index (Phi) is 2.61. The van der Waals surface area contributed by atoms with Crippen molar-refractivity contribution in [2.24, 2.45) is 5.41 Å². The number of carbonyl (C=O) groups is 1. The highest BCUT2D eigenvalue weighted by atomic mass is 32.1. The van der Waals surface area contributed by atoms with Crippen molar-refractivity contribution < 1.29 is 4.79 Å². The van der Waals surface area contributed by atoms with Crippen LogP contribution in [0.3, 0.4) is 0 Å². The summed E-state index contributed by atoms with van der Waals surface area (Å²) in [6.45, 7) is 4.15. The normalized spacial score (nSPS) is 20.9. The molecule has 0 amide bonds. The topological polar surface area (TPSA) is 46.1 Å². The van der Waals surface area contributed by atoms with Crippen LogP contribution in [0.2, 0.25) is 0 Å². The number of hydrogen-bond donors (Lipinski definition) is 0.